The van der Waals surface area contributed by atoms with E-state index in [0.29, 0.717) is 11.7 Å². The van der Waals surface area contributed by atoms with E-state index in [2.05, 4.69) is 5.32 Å². The van der Waals surface area contributed by atoms with Crippen molar-refractivity contribution in [3.05, 3.63) is 23.8 Å². The van der Waals surface area contributed by atoms with Gasteiger partial charge < -0.3 is 11.1 Å². The maximum Gasteiger partial charge on any atom is 0.161 e. The molecule has 0 heterocycles. The van der Waals surface area contributed by atoms with Crippen LogP contribution in [0.2, 0.25) is 0 Å². The highest BCUT2D eigenvalue weighted by atomic mass is 19.2. The minimum Gasteiger partial charge on any atom is -0.397 e. The molecule has 1 fully saturated rings. The van der Waals surface area contributed by atoms with E-state index >= 15 is 0 Å². The summed E-state index contributed by atoms with van der Waals surface area (Å²) >= 11 is 0. The van der Waals surface area contributed by atoms with Gasteiger partial charge in [0.05, 0.1) is 11.4 Å². The molecular weight excluding hydrogens is 174 g/mol. The van der Waals surface area contributed by atoms with E-state index in [0.717, 1.165) is 25.0 Å². The lowest BCUT2D eigenvalue weighted by molar-refractivity contribution is 0.509. The Kier molecular flexibility index (Phi) is 1.83. The first kappa shape index (κ1) is 8.29. The van der Waals surface area contributed by atoms with Crippen molar-refractivity contribution in [1.29, 1.82) is 0 Å². The van der Waals surface area contributed by atoms with Gasteiger partial charge in [0, 0.05) is 18.2 Å². The molecule has 13 heavy (non-hydrogen) atoms. The average Bonchev–Trinajstić information content (AvgIpc) is 2.84. The van der Waals surface area contributed by atoms with Crippen LogP contribution in [-0.4, -0.2) is 6.04 Å². The summed E-state index contributed by atoms with van der Waals surface area (Å²) in [6, 6.07) is 2.48. The Hall–Kier alpha value is -1.32. The molecule has 0 aromatic heterocycles. The van der Waals surface area contributed by atoms with E-state index in [1.165, 1.54) is 0 Å². The normalized spacial score (nSPS) is 15.8. The van der Waals surface area contributed by atoms with Gasteiger partial charge in [0.15, 0.2) is 11.6 Å². The van der Waals surface area contributed by atoms with Gasteiger partial charge >= 0.3 is 0 Å². The first-order valence-corrected chi connectivity index (χ1v) is 4.18. The fourth-order valence-corrected chi connectivity index (χ4v) is 1.13. The van der Waals surface area contributed by atoms with E-state index < -0.39 is 11.6 Å². The van der Waals surface area contributed by atoms with Gasteiger partial charge in [0.25, 0.3) is 0 Å². The van der Waals surface area contributed by atoms with Crippen molar-refractivity contribution < 1.29 is 8.78 Å². The molecule has 0 radical (unpaired) electrons. The van der Waals surface area contributed by atoms with E-state index in [9.17, 15) is 8.78 Å². The minimum atomic E-state index is -0.904. The second-order valence-corrected chi connectivity index (χ2v) is 3.27. The number of hydrogen-bond acceptors (Lipinski definition) is 2. The number of rotatable bonds is 2. The molecule has 70 valence electrons. The van der Waals surface area contributed by atoms with Gasteiger partial charge in [-0.3, -0.25) is 0 Å². The van der Waals surface area contributed by atoms with Gasteiger partial charge in [-0.15, -0.1) is 0 Å². The van der Waals surface area contributed by atoms with Crippen molar-refractivity contribution in [2.45, 2.75) is 18.9 Å². The van der Waals surface area contributed by atoms with E-state index in [4.69, 9.17) is 5.73 Å². The summed E-state index contributed by atoms with van der Waals surface area (Å²) in [4.78, 5) is 0. The molecule has 2 nitrogen and oxygen atoms in total. The number of nitrogen functional groups attached to an aromatic ring is 1. The molecule has 0 atom stereocenters. The second kappa shape index (κ2) is 2.87. The van der Waals surface area contributed by atoms with Gasteiger partial charge in [-0.2, -0.15) is 0 Å². The number of anilines is 2. The Bertz CT molecular complexity index is 335. The van der Waals surface area contributed by atoms with Crippen LogP contribution in [0, 0.1) is 11.6 Å². The molecule has 4 heteroatoms. The van der Waals surface area contributed by atoms with Crippen LogP contribution in [0.4, 0.5) is 20.2 Å². The molecule has 0 saturated heterocycles. The number of nitrogens with two attached hydrogens (primary N) is 1. The lowest BCUT2D eigenvalue weighted by Crippen LogP contribution is -2.05. The van der Waals surface area contributed by atoms with Gasteiger partial charge in [0.2, 0.25) is 0 Å². The topological polar surface area (TPSA) is 38.0 Å². The molecule has 1 aliphatic rings. The minimum absolute atomic E-state index is 0.255. The lowest BCUT2D eigenvalue weighted by Gasteiger charge is -2.08. The predicted octanol–water partition coefficient (Wildman–Crippen LogP) is 2.12. The van der Waals surface area contributed by atoms with E-state index in [-0.39, 0.29) is 5.69 Å². The van der Waals surface area contributed by atoms with E-state index in [1.54, 1.807) is 0 Å². The molecule has 3 N–H and O–H groups in total. The highest BCUT2D eigenvalue weighted by molar-refractivity contribution is 5.66. The summed E-state index contributed by atoms with van der Waals surface area (Å²) in [5, 5.41) is 3.02. The predicted molar refractivity (Wildman–Crippen MR) is 47.4 cm³/mol. The second-order valence-electron chi connectivity index (χ2n) is 3.27. The Labute approximate surface area is 74.7 Å². The molecule has 2 rings (SSSR count). The third-order valence-corrected chi connectivity index (χ3v) is 2.03. The summed E-state index contributed by atoms with van der Waals surface area (Å²) in [6.07, 6.45) is 2.14. The van der Waals surface area contributed by atoms with Crippen LogP contribution in [-0.2, 0) is 0 Å². The quantitative estimate of drug-likeness (QED) is 0.691. The smallest absolute Gasteiger partial charge is 0.161 e. The molecule has 0 unspecified atom stereocenters. The van der Waals surface area contributed by atoms with Gasteiger partial charge in [0.1, 0.15) is 0 Å². The van der Waals surface area contributed by atoms with Crippen molar-refractivity contribution in [2.24, 2.45) is 0 Å². The molecule has 0 amide bonds. The van der Waals surface area contributed by atoms with E-state index in [1.807, 2.05) is 0 Å². The first-order valence-electron chi connectivity index (χ1n) is 4.18. The summed E-state index contributed by atoms with van der Waals surface area (Å²) in [7, 11) is 0. The summed E-state index contributed by atoms with van der Waals surface area (Å²) < 4.78 is 25.4. The molecule has 0 bridgehead atoms. The monoisotopic (exact) mass is 184 g/mol. The zero-order valence-corrected chi connectivity index (χ0v) is 6.98. The van der Waals surface area contributed by atoms with Crippen LogP contribution in [0.25, 0.3) is 0 Å². The van der Waals surface area contributed by atoms with Crippen LogP contribution in [0.15, 0.2) is 12.1 Å². The molecule has 1 saturated carbocycles. The van der Waals surface area contributed by atoms with Crippen molar-refractivity contribution >= 4 is 11.4 Å². The van der Waals surface area contributed by atoms with Crippen molar-refractivity contribution in [3.63, 3.8) is 0 Å². The molecule has 0 spiro atoms. The molecule has 1 aromatic rings. The summed E-state index contributed by atoms with van der Waals surface area (Å²) in [5.41, 5.74) is 6.24. The maximum atomic E-state index is 12.8. The first-order chi connectivity index (χ1) is 6.16. The SMILES string of the molecule is Nc1cc(F)c(F)cc1NC1CC1. The summed E-state index contributed by atoms with van der Waals surface area (Å²) in [6.45, 7) is 0. The number of benzene rings is 1. The van der Waals surface area contributed by atoms with Gasteiger partial charge in [-0.05, 0) is 12.8 Å². The third kappa shape index (κ3) is 1.71. The van der Waals surface area contributed by atoms with Gasteiger partial charge in [-0.25, -0.2) is 8.78 Å². The Balaban J connectivity index is 2.27. The standard InChI is InChI=1S/C9H10F2N2/c10-6-3-8(12)9(4-7(6)11)13-5-1-2-5/h3-5,13H,1-2,12H2. The van der Waals surface area contributed by atoms with Crippen LogP contribution >= 0.6 is 0 Å². The zero-order chi connectivity index (χ0) is 9.42. The molecule has 0 aliphatic heterocycles. The third-order valence-electron chi connectivity index (χ3n) is 2.03. The highest BCUT2D eigenvalue weighted by Gasteiger charge is 2.22. The largest absolute Gasteiger partial charge is 0.397 e. The van der Waals surface area contributed by atoms with Crippen LogP contribution in [0.1, 0.15) is 12.8 Å². The van der Waals surface area contributed by atoms with Crippen molar-refractivity contribution in [2.75, 3.05) is 11.1 Å². The van der Waals surface area contributed by atoms with Crippen molar-refractivity contribution in [1.82, 2.24) is 0 Å². The Morgan fingerprint density at radius 3 is 2.46 bits per heavy atom. The number of hydrogen-bond donors (Lipinski definition) is 2. The highest BCUT2D eigenvalue weighted by Crippen LogP contribution is 2.29. The number of nitrogens with one attached hydrogen (secondary N) is 1. The van der Waals surface area contributed by atoms with Crippen LogP contribution < -0.4 is 11.1 Å². The fraction of sp³-hybridized carbons (Fsp3) is 0.333. The average molecular weight is 184 g/mol. The lowest BCUT2D eigenvalue weighted by atomic mass is 10.2. The molecule has 1 aliphatic carbocycles. The molecule has 1 aromatic carbocycles. The zero-order valence-electron chi connectivity index (χ0n) is 6.98. The Morgan fingerprint density at radius 2 is 1.85 bits per heavy atom. The fourth-order valence-electron chi connectivity index (χ4n) is 1.13. The number of halogens is 2. The maximum absolute atomic E-state index is 12.8. The summed E-state index contributed by atoms with van der Waals surface area (Å²) in [5.74, 6) is -1.77. The Morgan fingerprint density at radius 1 is 1.23 bits per heavy atom. The van der Waals surface area contributed by atoms with Crippen molar-refractivity contribution in [3.8, 4) is 0 Å². The molecular formula is C9H10F2N2. The van der Waals surface area contributed by atoms with Crippen LogP contribution in [0.3, 0.4) is 0 Å². The van der Waals surface area contributed by atoms with Crippen LogP contribution in [0.5, 0.6) is 0 Å². The van der Waals surface area contributed by atoms with Gasteiger partial charge in [-0.1, -0.05) is 0 Å².